The monoisotopic (exact) mass is 276 g/mol. The van der Waals surface area contributed by atoms with Gasteiger partial charge in [-0.05, 0) is 35.6 Å². The quantitative estimate of drug-likeness (QED) is 0.612. The highest BCUT2D eigenvalue weighted by Crippen LogP contribution is 2.23. The third-order valence-electron chi connectivity index (χ3n) is 1.56. The Morgan fingerprint density at radius 2 is 2.17 bits per heavy atom. The van der Waals surface area contributed by atoms with Crippen LogP contribution >= 0.6 is 22.6 Å². The molecule has 0 fully saturated rings. The summed E-state index contributed by atoms with van der Waals surface area (Å²) in [5.74, 6) is 0.821. The molecule has 0 radical (unpaired) electrons. The molecule has 0 N–H and O–H groups in total. The van der Waals surface area contributed by atoms with Crippen LogP contribution in [0.25, 0.3) is 0 Å². The van der Waals surface area contributed by atoms with Crippen molar-refractivity contribution in [2.24, 2.45) is 0 Å². The average Bonchev–Trinajstić information content (AvgIpc) is 2.04. The molecule has 2 nitrogen and oxygen atoms in total. The summed E-state index contributed by atoms with van der Waals surface area (Å²) in [6.07, 6.45) is 0. The van der Waals surface area contributed by atoms with Crippen molar-refractivity contribution in [3.05, 3.63) is 27.3 Å². The molecular weight excluding hydrogens is 267 g/mol. The van der Waals surface area contributed by atoms with Gasteiger partial charge < -0.3 is 4.74 Å². The lowest BCUT2D eigenvalue weighted by Gasteiger charge is -2.05. The Labute approximate surface area is 85.1 Å². The van der Waals surface area contributed by atoms with Gasteiger partial charge in [0.25, 0.3) is 0 Å². The van der Waals surface area contributed by atoms with Crippen molar-refractivity contribution < 1.29 is 9.53 Å². The number of hydrogen-bond donors (Lipinski definition) is 0. The lowest BCUT2D eigenvalue weighted by molar-refractivity contribution is 0.101. The Balaban J connectivity index is 3.23. The molecule has 0 saturated heterocycles. The zero-order chi connectivity index (χ0) is 9.14. The molecule has 0 saturated carbocycles. The van der Waals surface area contributed by atoms with E-state index in [0.29, 0.717) is 0 Å². The highest BCUT2D eigenvalue weighted by Gasteiger charge is 2.08. The minimum Gasteiger partial charge on any atom is -0.496 e. The van der Waals surface area contributed by atoms with E-state index in [0.717, 1.165) is 14.9 Å². The molecule has 1 rings (SSSR count). The predicted octanol–water partition coefficient (Wildman–Crippen LogP) is 2.50. The molecule has 0 aliphatic heterocycles. The average molecular weight is 276 g/mol. The van der Waals surface area contributed by atoms with Gasteiger partial charge in [0.05, 0.1) is 10.7 Å². The minimum absolute atomic E-state index is 0.0679. The number of hydrogen-bond acceptors (Lipinski definition) is 2. The summed E-state index contributed by atoms with van der Waals surface area (Å²) in [6, 6.07) is 5.46. The van der Waals surface area contributed by atoms with E-state index in [1.165, 1.54) is 0 Å². The smallest absolute Gasteiger partial charge is 0.161 e. The number of ether oxygens (including phenoxy) is 1. The van der Waals surface area contributed by atoms with Crippen molar-refractivity contribution in [1.29, 1.82) is 0 Å². The third kappa shape index (κ3) is 1.77. The molecule has 0 unspecified atom stereocenters. The van der Waals surface area contributed by atoms with Gasteiger partial charge in [-0.2, -0.15) is 0 Å². The fourth-order valence-corrected chi connectivity index (χ4v) is 1.90. The van der Waals surface area contributed by atoms with Crippen LogP contribution in [0.4, 0.5) is 0 Å². The number of methoxy groups -OCH3 is 1. The van der Waals surface area contributed by atoms with Crippen molar-refractivity contribution in [3.63, 3.8) is 0 Å². The summed E-state index contributed by atoms with van der Waals surface area (Å²) in [5.41, 5.74) is 0.718. The van der Waals surface area contributed by atoms with E-state index >= 15 is 0 Å². The maximum atomic E-state index is 11.1. The Morgan fingerprint density at radius 3 is 2.67 bits per heavy atom. The van der Waals surface area contributed by atoms with Crippen LogP contribution in [0, 0.1) is 3.57 Å². The van der Waals surface area contributed by atoms with Gasteiger partial charge in [0.2, 0.25) is 0 Å². The van der Waals surface area contributed by atoms with E-state index in [-0.39, 0.29) is 5.78 Å². The number of rotatable bonds is 2. The van der Waals surface area contributed by atoms with E-state index < -0.39 is 0 Å². The van der Waals surface area contributed by atoms with Crippen LogP contribution in [0.15, 0.2) is 18.2 Å². The second kappa shape index (κ2) is 3.89. The number of carbonyl (C=O) groups is 1. The second-order valence-corrected chi connectivity index (χ2v) is 3.46. The maximum Gasteiger partial charge on any atom is 0.161 e. The summed E-state index contributed by atoms with van der Waals surface area (Å²) in [4.78, 5) is 11.1. The fourth-order valence-electron chi connectivity index (χ4n) is 0.940. The Morgan fingerprint density at radius 1 is 1.50 bits per heavy atom. The molecule has 0 atom stereocenters. The topological polar surface area (TPSA) is 26.3 Å². The van der Waals surface area contributed by atoms with Gasteiger partial charge in [0, 0.05) is 5.56 Å². The number of benzene rings is 1. The van der Waals surface area contributed by atoms with Crippen LogP contribution in [0.3, 0.4) is 0 Å². The fraction of sp³-hybridized carbons (Fsp3) is 0.222. The van der Waals surface area contributed by atoms with Crippen molar-refractivity contribution >= 4 is 28.4 Å². The van der Waals surface area contributed by atoms with Crippen molar-refractivity contribution in [2.75, 3.05) is 7.11 Å². The molecule has 0 heterocycles. The van der Waals surface area contributed by atoms with E-state index in [1.54, 1.807) is 20.1 Å². The molecule has 1 aromatic rings. The maximum absolute atomic E-state index is 11.1. The molecule has 1 aromatic carbocycles. The van der Waals surface area contributed by atoms with Crippen LogP contribution in [0.5, 0.6) is 5.75 Å². The molecule has 0 bridgehead atoms. The lowest BCUT2D eigenvalue weighted by Crippen LogP contribution is -1.97. The van der Waals surface area contributed by atoms with Crippen molar-refractivity contribution in [1.82, 2.24) is 0 Å². The van der Waals surface area contributed by atoms with Crippen LogP contribution < -0.4 is 4.74 Å². The van der Waals surface area contributed by atoms with Crippen LogP contribution in [-0.2, 0) is 0 Å². The summed E-state index contributed by atoms with van der Waals surface area (Å²) < 4.78 is 5.96. The standard InChI is InChI=1S/C9H9IO2/c1-6(11)7-4-3-5-8(12-2)9(7)10/h3-5H,1-2H3. The first-order valence-electron chi connectivity index (χ1n) is 3.50. The summed E-state index contributed by atoms with van der Waals surface area (Å²) >= 11 is 2.11. The first-order chi connectivity index (χ1) is 5.66. The molecule has 0 aliphatic rings. The Hall–Kier alpha value is -0.580. The number of halogens is 1. The first-order valence-corrected chi connectivity index (χ1v) is 4.58. The Bertz CT molecular complexity index is 307. The molecule has 64 valence electrons. The predicted molar refractivity (Wildman–Crippen MR) is 55.7 cm³/mol. The normalized spacial score (nSPS) is 9.58. The molecular formula is C9H9IO2. The van der Waals surface area contributed by atoms with Crippen LogP contribution in [-0.4, -0.2) is 12.9 Å². The summed E-state index contributed by atoms with van der Waals surface area (Å²) in [6.45, 7) is 1.55. The van der Waals surface area contributed by atoms with Gasteiger partial charge in [-0.15, -0.1) is 0 Å². The Kier molecular flexibility index (Phi) is 3.08. The van der Waals surface area contributed by atoms with Crippen molar-refractivity contribution in [3.8, 4) is 5.75 Å². The van der Waals surface area contributed by atoms with Gasteiger partial charge >= 0.3 is 0 Å². The van der Waals surface area contributed by atoms with E-state index in [9.17, 15) is 4.79 Å². The lowest BCUT2D eigenvalue weighted by atomic mass is 10.1. The molecule has 0 aromatic heterocycles. The molecule has 0 amide bonds. The molecule has 12 heavy (non-hydrogen) atoms. The summed E-state index contributed by atoms with van der Waals surface area (Å²) in [5, 5.41) is 0. The minimum atomic E-state index is 0.0679. The second-order valence-electron chi connectivity index (χ2n) is 2.38. The zero-order valence-corrected chi connectivity index (χ0v) is 9.08. The number of carbonyl (C=O) groups excluding carboxylic acids is 1. The highest BCUT2D eigenvalue weighted by molar-refractivity contribution is 14.1. The number of ketones is 1. The van der Waals surface area contributed by atoms with Gasteiger partial charge in [-0.1, -0.05) is 12.1 Å². The molecule has 3 heteroatoms. The van der Waals surface area contributed by atoms with Crippen molar-refractivity contribution in [2.45, 2.75) is 6.92 Å². The highest BCUT2D eigenvalue weighted by atomic mass is 127. The van der Waals surface area contributed by atoms with Gasteiger partial charge in [-0.25, -0.2) is 0 Å². The first kappa shape index (κ1) is 9.51. The third-order valence-corrected chi connectivity index (χ3v) is 2.68. The van der Waals surface area contributed by atoms with Gasteiger partial charge in [-0.3, -0.25) is 4.79 Å². The zero-order valence-electron chi connectivity index (χ0n) is 6.93. The molecule has 0 aliphatic carbocycles. The van der Waals surface area contributed by atoms with E-state index in [2.05, 4.69) is 22.6 Å². The SMILES string of the molecule is COc1cccc(C(C)=O)c1I. The summed E-state index contributed by atoms with van der Waals surface area (Å²) in [7, 11) is 1.60. The van der Waals surface area contributed by atoms with E-state index in [1.807, 2.05) is 12.1 Å². The van der Waals surface area contributed by atoms with Crippen LogP contribution in [0.2, 0.25) is 0 Å². The number of Topliss-reactive ketones (excluding diaryl/α,β-unsaturated/α-hetero) is 1. The molecule has 0 spiro atoms. The largest absolute Gasteiger partial charge is 0.496 e. The van der Waals surface area contributed by atoms with Gasteiger partial charge in [0.1, 0.15) is 5.75 Å². The van der Waals surface area contributed by atoms with Gasteiger partial charge in [0.15, 0.2) is 5.78 Å². The van der Waals surface area contributed by atoms with Crippen LogP contribution in [0.1, 0.15) is 17.3 Å². The van der Waals surface area contributed by atoms with E-state index in [4.69, 9.17) is 4.74 Å².